The lowest BCUT2D eigenvalue weighted by Crippen LogP contribution is -2.43. The molecule has 0 saturated heterocycles. The predicted octanol–water partition coefficient (Wildman–Crippen LogP) is 2.64. The molecule has 0 spiro atoms. The van der Waals surface area contributed by atoms with Gasteiger partial charge in [-0.15, -0.1) is 0 Å². The maximum atomic E-state index is 13.4. The molecule has 4 heterocycles. The van der Waals surface area contributed by atoms with E-state index in [2.05, 4.69) is 10.1 Å². The first kappa shape index (κ1) is 21.2. The topological polar surface area (TPSA) is 86.5 Å². The average Bonchev–Trinajstić information content (AvgIpc) is 3.21. The van der Waals surface area contributed by atoms with Crippen molar-refractivity contribution in [1.82, 2.24) is 19.7 Å². The van der Waals surface area contributed by atoms with Gasteiger partial charge in [-0.2, -0.15) is 5.10 Å². The van der Waals surface area contributed by atoms with Gasteiger partial charge in [-0.05, 0) is 37.1 Å². The van der Waals surface area contributed by atoms with E-state index in [-0.39, 0.29) is 24.1 Å². The molecule has 0 aliphatic carbocycles. The summed E-state index contributed by atoms with van der Waals surface area (Å²) in [6.07, 6.45) is 3.01. The maximum absolute atomic E-state index is 13.4. The number of ether oxygens (including phenoxy) is 2. The number of fused-ring (bicyclic) bond motifs is 2. The van der Waals surface area contributed by atoms with E-state index in [0.717, 1.165) is 28.3 Å². The molecule has 0 unspecified atom stereocenters. The van der Waals surface area contributed by atoms with Gasteiger partial charge in [-0.25, -0.2) is 4.79 Å². The molecule has 2 aromatic heterocycles. The number of carbonyl (C=O) groups excluding carboxylic acids is 2. The van der Waals surface area contributed by atoms with Gasteiger partial charge in [0.25, 0.3) is 0 Å². The summed E-state index contributed by atoms with van der Waals surface area (Å²) in [6.45, 7) is 3.77. The molecule has 8 heteroatoms. The molecule has 1 aromatic carbocycles. The number of aromatic nitrogens is 3. The van der Waals surface area contributed by atoms with Crippen molar-refractivity contribution in [2.45, 2.75) is 32.9 Å². The first-order valence-corrected chi connectivity index (χ1v) is 11.3. The normalized spacial score (nSPS) is 17.0. The van der Waals surface area contributed by atoms with Crippen LogP contribution in [0.15, 0.2) is 48.7 Å². The summed E-state index contributed by atoms with van der Waals surface area (Å²) >= 11 is 0. The van der Waals surface area contributed by atoms with Crippen LogP contribution in [0.3, 0.4) is 0 Å². The molecule has 1 atom stereocenters. The third-order valence-electron chi connectivity index (χ3n) is 6.18. The summed E-state index contributed by atoms with van der Waals surface area (Å²) in [6, 6.07) is 13.6. The standard InChI is InChI=1S/C25H26N4O4/c1-2-32-25(31)23-20-15-28(24(30)18-13-17-7-3-4-9-22(17)33-16-18)12-10-21(20)29(27-23)14-19-8-5-6-11-26-19/h3-9,11,18H,2,10,12-16H2,1H3/t18-/m1/s1. The number of para-hydroxylation sites is 1. The molecule has 2 aliphatic rings. The van der Waals surface area contributed by atoms with Crippen LogP contribution in [0.4, 0.5) is 0 Å². The second-order valence-corrected chi connectivity index (χ2v) is 8.30. The number of benzene rings is 1. The van der Waals surface area contributed by atoms with Crippen LogP contribution in [0.2, 0.25) is 0 Å². The molecule has 2 aliphatic heterocycles. The maximum Gasteiger partial charge on any atom is 0.359 e. The second-order valence-electron chi connectivity index (χ2n) is 8.30. The number of hydrogen-bond acceptors (Lipinski definition) is 6. The van der Waals surface area contributed by atoms with Crippen LogP contribution < -0.4 is 4.74 Å². The zero-order valence-electron chi connectivity index (χ0n) is 18.6. The molecular weight excluding hydrogens is 420 g/mol. The molecule has 0 saturated carbocycles. The summed E-state index contributed by atoms with van der Waals surface area (Å²) in [5.41, 5.74) is 3.91. The smallest absolute Gasteiger partial charge is 0.359 e. The van der Waals surface area contributed by atoms with Crippen LogP contribution in [0.1, 0.15) is 39.9 Å². The number of amides is 1. The summed E-state index contributed by atoms with van der Waals surface area (Å²) in [7, 11) is 0. The molecular formula is C25H26N4O4. The highest BCUT2D eigenvalue weighted by Crippen LogP contribution is 2.30. The van der Waals surface area contributed by atoms with Gasteiger partial charge in [0, 0.05) is 37.0 Å². The zero-order valence-corrected chi connectivity index (χ0v) is 18.6. The Labute approximate surface area is 192 Å². The molecule has 3 aromatic rings. The van der Waals surface area contributed by atoms with Crippen molar-refractivity contribution in [1.29, 1.82) is 0 Å². The van der Waals surface area contributed by atoms with E-state index in [1.54, 1.807) is 13.1 Å². The number of hydrogen-bond donors (Lipinski definition) is 0. The summed E-state index contributed by atoms with van der Waals surface area (Å²) < 4.78 is 12.9. The Morgan fingerprint density at radius 1 is 1.18 bits per heavy atom. The fourth-order valence-corrected chi connectivity index (χ4v) is 4.56. The molecule has 0 bridgehead atoms. The highest BCUT2D eigenvalue weighted by atomic mass is 16.5. The number of rotatable bonds is 5. The Balaban J connectivity index is 1.39. The second kappa shape index (κ2) is 9.05. The molecule has 33 heavy (non-hydrogen) atoms. The molecule has 170 valence electrons. The molecule has 0 N–H and O–H groups in total. The van der Waals surface area contributed by atoms with Crippen LogP contribution in [-0.2, 0) is 35.5 Å². The minimum atomic E-state index is -0.460. The van der Waals surface area contributed by atoms with E-state index in [0.29, 0.717) is 39.1 Å². The van der Waals surface area contributed by atoms with Crippen LogP contribution in [0.5, 0.6) is 5.75 Å². The summed E-state index contributed by atoms with van der Waals surface area (Å²) in [5.74, 6) is 0.194. The van der Waals surface area contributed by atoms with Gasteiger partial charge >= 0.3 is 5.97 Å². The van der Waals surface area contributed by atoms with Crippen LogP contribution in [-0.4, -0.2) is 51.3 Å². The number of esters is 1. The predicted molar refractivity (Wildman–Crippen MR) is 120 cm³/mol. The Morgan fingerprint density at radius 2 is 2.03 bits per heavy atom. The van der Waals surface area contributed by atoms with E-state index in [1.807, 2.05) is 52.0 Å². The SMILES string of the molecule is CCOC(=O)c1nn(Cc2ccccn2)c2c1CN(C(=O)[C@H]1COc3ccccc3C1)CC2. The van der Waals surface area contributed by atoms with Gasteiger partial charge < -0.3 is 14.4 Å². The lowest BCUT2D eigenvalue weighted by molar-refractivity contribution is -0.137. The Kier molecular flexibility index (Phi) is 5.81. The van der Waals surface area contributed by atoms with Gasteiger partial charge in [0.15, 0.2) is 5.69 Å². The van der Waals surface area contributed by atoms with E-state index < -0.39 is 5.97 Å². The number of carbonyl (C=O) groups is 2. The number of nitrogens with zero attached hydrogens (tertiary/aromatic N) is 4. The van der Waals surface area contributed by atoms with Crippen molar-refractivity contribution >= 4 is 11.9 Å². The lowest BCUT2D eigenvalue weighted by Gasteiger charge is -2.33. The molecule has 1 amide bonds. The highest BCUT2D eigenvalue weighted by molar-refractivity contribution is 5.89. The van der Waals surface area contributed by atoms with E-state index >= 15 is 0 Å². The zero-order chi connectivity index (χ0) is 22.8. The Hall–Kier alpha value is -3.68. The minimum absolute atomic E-state index is 0.0439. The van der Waals surface area contributed by atoms with Gasteiger partial charge in [0.1, 0.15) is 12.4 Å². The Morgan fingerprint density at radius 3 is 2.85 bits per heavy atom. The van der Waals surface area contributed by atoms with E-state index in [1.165, 1.54) is 0 Å². The average molecular weight is 447 g/mol. The summed E-state index contributed by atoms with van der Waals surface area (Å²) in [5, 5.41) is 4.58. The first-order valence-electron chi connectivity index (χ1n) is 11.3. The van der Waals surface area contributed by atoms with Crippen LogP contribution >= 0.6 is 0 Å². The van der Waals surface area contributed by atoms with Crippen molar-refractivity contribution < 1.29 is 19.1 Å². The Bertz CT molecular complexity index is 1170. The molecule has 0 radical (unpaired) electrons. The van der Waals surface area contributed by atoms with Gasteiger partial charge in [0.05, 0.1) is 24.8 Å². The first-order chi connectivity index (χ1) is 16.1. The monoisotopic (exact) mass is 446 g/mol. The van der Waals surface area contributed by atoms with Crippen molar-refractivity contribution in [3.8, 4) is 5.75 Å². The fraction of sp³-hybridized carbons (Fsp3) is 0.360. The summed E-state index contributed by atoms with van der Waals surface area (Å²) in [4.78, 5) is 32.2. The van der Waals surface area contributed by atoms with E-state index in [4.69, 9.17) is 9.47 Å². The minimum Gasteiger partial charge on any atom is -0.492 e. The van der Waals surface area contributed by atoms with Crippen molar-refractivity contribution in [3.63, 3.8) is 0 Å². The largest absolute Gasteiger partial charge is 0.492 e. The van der Waals surface area contributed by atoms with Crippen LogP contribution in [0.25, 0.3) is 0 Å². The fourth-order valence-electron chi connectivity index (χ4n) is 4.56. The van der Waals surface area contributed by atoms with Crippen molar-refractivity contribution in [3.05, 3.63) is 76.9 Å². The quantitative estimate of drug-likeness (QED) is 0.560. The molecule has 5 rings (SSSR count). The van der Waals surface area contributed by atoms with Crippen molar-refractivity contribution in [2.24, 2.45) is 5.92 Å². The van der Waals surface area contributed by atoms with Gasteiger partial charge in [0.2, 0.25) is 5.91 Å². The van der Waals surface area contributed by atoms with E-state index in [9.17, 15) is 9.59 Å². The third-order valence-corrected chi connectivity index (χ3v) is 6.18. The van der Waals surface area contributed by atoms with Gasteiger partial charge in [-0.1, -0.05) is 24.3 Å². The van der Waals surface area contributed by atoms with Crippen LogP contribution in [0, 0.1) is 5.92 Å². The lowest BCUT2D eigenvalue weighted by atomic mass is 9.94. The number of pyridine rings is 1. The van der Waals surface area contributed by atoms with Crippen molar-refractivity contribution in [2.75, 3.05) is 19.8 Å². The third kappa shape index (κ3) is 4.20. The van der Waals surface area contributed by atoms with Gasteiger partial charge in [-0.3, -0.25) is 14.5 Å². The highest BCUT2D eigenvalue weighted by Gasteiger charge is 2.35. The molecule has 0 fully saturated rings. The molecule has 8 nitrogen and oxygen atoms in total.